The number of ether oxygens (including phenoxy) is 1. The van der Waals surface area contributed by atoms with Crippen molar-refractivity contribution in [2.24, 2.45) is 11.8 Å². The summed E-state index contributed by atoms with van der Waals surface area (Å²) >= 11 is 0. The first-order valence-corrected chi connectivity index (χ1v) is 11.3. The highest BCUT2D eigenvalue weighted by molar-refractivity contribution is 5.73. The lowest BCUT2D eigenvalue weighted by atomic mass is 9.92. The van der Waals surface area contributed by atoms with Gasteiger partial charge in [-0.15, -0.1) is 0 Å². The first kappa shape index (κ1) is 23.4. The van der Waals surface area contributed by atoms with Crippen LogP contribution in [0, 0.1) is 11.8 Å². The standard InChI is InChI=1S/C22H44N4O2/c1-17-11-18(2)13-25(12-17)10-8-7-9-23-21(27)24-16-22(5,6)26-14-19(3)28-20(4)15-26/h17-20H,7-16H2,1-6H3,(H2,23,24,27). The average Bonchev–Trinajstić information content (AvgIpc) is 2.58. The maximum Gasteiger partial charge on any atom is 0.314 e. The van der Waals surface area contributed by atoms with Gasteiger partial charge in [0.1, 0.15) is 0 Å². The minimum Gasteiger partial charge on any atom is -0.373 e. The third-order valence-electron chi connectivity index (χ3n) is 6.09. The monoisotopic (exact) mass is 396 g/mol. The van der Waals surface area contributed by atoms with Gasteiger partial charge in [0.2, 0.25) is 0 Å². The Hall–Kier alpha value is -0.850. The summed E-state index contributed by atoms with van der Waals surface area (Å²) in [4.78, 5) is 17.2. The van der Waals surface area contributed by atoms with E-state index >= 15 is 0 Å². The lowest BCUT2D eigenvalue weighted by Gasteiger charge is -2.45. The number of carbonyl (C=O) groups is 1. The van der Waals surface area contributed by atoms with Crippen molar-refractivity contribution in [3.05, 3.63) is 0 Å². The van der Waals surface area contributed by atoms with E-state index in [1.54, 1.807) is 0 Å². The van der Waals surface area contributed by atoms with Gasteiger partial charge < -0.3 is 20.3 Å². The first-order chi connectivity index (χ1) is 13.2. The molecular weight excluding hydrogens is 352 g/mol. The Kier molecular flexibility index (Phi) is 9.03. The highest BCUT2D eigenvalue weighted by Crippen LogP contribution is 2.21. The van der Waals surface area contributed by atoms with Crippen molar-refractivity contribution in [3.63, 3.8) is 0 Å². The van der Waals surface area contributed by atoms with E-state index in [4.69, 9.17) is 4.74 Å². The summed E-state index contributed by atoms with van der Waals surface area (Å²) < 4.78 is 5.82. The number of urea groups is 1. The summed E-state index contributed by atoms with van der Waals surface area (Å²) in [6.07, 6.45) is 4.02. The molecule has 2 rings (SSSR count). The number of morpholine rings is 1. The third kappa shape index (κ3) is 7.88. The number of carbonyl (C=O) groups excluding carboxylic acids is 1. The molecule has 0 saturated carbocycles. The Morgan fingerprint density at radius 2 is 1.57 bits per heavy atom. The molecule has 0 aromatic rings. The number of nitrogens with zero attached hydrogens (tertiary/aromatic N) is 2. The summed E-state index contributed by atoms with van der Waals surface area (Å²) in [6.45, 7) is 20.1. The van der Waals surface area contributed by atoms with Crippen LogP contribution in [0.1, 0.15) is 60.8 Å². The second-order valence-corrected chi connectivity index (χ2v) is 10.00. The highest BCUT2D eigenvalue weighted by atomic mass is 16.5. The van der Waals surface area contributed by atoms with Crippen LogP contribution in [-0.2, 0) is 4.74 Å². The van der Waals surface area contributed by atoms with Crippen molar-refractivity contribution in [1.82, 2.24) is 20.4 Å². The van der Waals surface area contributed by atoms with Crippen LogP contribution in [0.25, 0.3) is 0 Å². The molecule has 0 spiro atoms. The van der Waals surface area contributed by atoms with Gasteiger partial charge in [-0.3, -0.25) is 4.90 Å². The van der Waals surface area contributed by atoms with E-state index in [9.17, 15) is 4.79 Å². The van der Waals surface area contributed by atoms with Gasteiger partial charge in [-0.1, -0.05) is 13.8 Å². The highest BCUT2D eigenvalue weighted by Gasteiger charge is 2.33. The van der Waals surface area contributed by atoms with Crippen LogP contribution in [0.15, 0.2) is 0 Å². The maximum atomic E-state index is 12.2. The molecular formula is C22H44N4O2. The van der Waals surface area contributed by atoms with E-state index in [0.29, 0.717) is 6.54 Å². The number of likely N-dealkylation sites (tertiary alicyclic amines) is 1. The fraction of sp³-hybridized carbons (Fsp3) is 0.955. The molecule has 2 heterocycles. The number of piperidine rings is 1. The minimum absolute atomic E-state index is 0.0531. The fourth-order valence-corrected chi connectivity index (χ4v) is 4.78. The molecule has 4 atom stereocenters. The van der Waals surface area contributed by atoms with Gasteiger partial charge in [-0.2, -0.15) is 0 Å². The van der Waals surface area contributed by atoms with Crippen LogP contribution in [0.3, 0.4) is 0 Å². The van der Waals surface area contributed by atoms with Crippen LogP contribution in [0.4, 0.5) is 4.79 Å². The third-order valence-corrected chi connectivity index (χ3v) is 6.09. The Morgan fingerprint density at radius 3 is 2.18 bits per heavy atom. The van der Waals surface area contributed by atoms with Gasteiger partial charge in [0, 0.05) is 44.8 Å². The summed E-state index contributed by atoms with van der Waals surface area (Å²) in [5.74, 6) is 1.63. The maximum absolute atomic E-state index is 12.2. The smallest absolute Gasteiger partial charge is 0.314 e. The van der Waals surface area contributed by atoms with Crippen molar-refractivity contribution in [2.45, 2.75) is 78.6 Å². The van der Waals surface area contributed by atoms with Crippen LogP contribution < -0.4 is 10.6 Å². The summed E-state index contributed by atoms with van der Waals surface area (Å²) in [6, 6.07) is -0.0531. The summed E-state index contributed by atoms with van der Waals surface area (Å²) in [5.41, 5.74) is -0.0781. The zero-order valence-electron chi connectivity index (χ0n) is 19.1. The van der Waals surface area contributed by atoms with Crippen molar-refractivity contribution in [3.8, 4) is 0 Å². The molecule has 0 aromatic heterocycles. The normalized spacial score (nSPS) is 30.2. The predicted octanol–water partition coefficient (Wildman–Crippen LogP) is 2.93. The topological polar surface area (TPSA) is 56.8 Å². The molecule has 2 N–H and O–H groups in total. The lowest BCUT2D eigenvalue weighted by Crippen LogP contribution is -2.59. The molecule has 4 unspecified atom stereocenters. The van der Waals surface area contributed by atoms with Crippen LogP contribution in [0.2, 0.25) is 0 Å². The molecule has 0 aromatic carbocycles. The van der Waals surface area contributed by atoms with Crippen LogP contribution in [-0.4, -0.2) is 79.4 Å². The van der Waals surface area contributed by atoms with E-state index in [2.05, 4.69) is 62.0 Å². The number of nitrogens with one attached hydrogen (secondary N) is 2. The van der Waals surface area contributed by atoms with E-state index in [0.717, 1.165) is 50.9 Å². The SMILES string of the molecule is CC1CC(C)CN(CCCCNC(=O)NCC(C)(C)N2CC(C)OC(C)C2)C1. The largest absolute Gasteiger partial charge is 0.373 e. The number of hydrogen-bond donors (Lipinski definition) is 2. The van der Waals surface area contributed by atoms with Crippen molar-refractivity contribution >= 4 is 6.03 Å². The zero-order chi connectivity index (χ0) is 20.7. The molecule has 0 bridgehead atoms. The fourth-order valence-electron chi connectivity index (χ4n) is 4.78. The molecule has 2 aliphatic rings. The molecule has 28 heavy (non-hydrogen) atoms. The van der Waals surface area contributed by atoms with Crippen LogP contribution >= 0.6 is 0 Å². The van der Waals surface area contributed by atoms with E-state index in [1.807, 2.05) is 0 Å². The van der Waals surface area contributed by atoms with Gasteiger partial charge in [-0.05, 0) is 65.3 Å². The molecule has 2 aliphatic heterocycles. The summed E-state index contributed by atoms with van der Waals surface area (Å²) in [7, 11) is 0. The molecule has 2 fully saturated rings. The Bertz CT molecular complexity index is 465. The van der Waals surface area contributed by atoms with Gasteiger partial charge in [0.05, 0.1) is 12.2 Å². The van der Waals surface area contributed by atoms with Gasteiger partial charge in [0.25, 0.3) is 0 Å². The van der Waals surface area contributed by atoms with E-state index < -0.39 is 0 Å². The Morgan fingerprint density at radius 1 is 0.964 bits per heavy atom. The van der Waals surface area contributed by atoms with Gasteiger partial charge in [-0.25, -0.2) is 4.79 Å². The van der Waals surface area contributed by atoms with Crippen molar-refractivity contribution in [2.75, 3.05) is 45.8 Å². The molecule has 0 radical (unpaired) electrons. The van der Waals surface area contributed by atoms with E-state index in [1.165, 1.54) is 19.5 Å². The molecule has 6 nitrogen and oxygen atoms in total. The Labute approximate surface area is 172 Å². The molecule has 164 valence electrons. The molecule has 2 amide bonds. The molecule has 0 aliphatic carbocycles. The lowest BCUT2D eigenvalue weighted by molar-refractivity contribution is -0.0947. The second-order valence-electron chi connectivity index (χ2n) is 10.00. The second kappa shape index (κ2) is 10.8. The zero-order valence-corrected chi connectivity index (χ0v) is 19.1. The quantitative estimate of drug-likeness (QED) is 0.620. The summed E-state index contributed by atoms with van der Waals surface area (Å²) in [5, 5.41) is 6.08. The molecule has 2 saturated heterocycles. The minimum atomic E-state index is -0.0781. The van der Waals surface area contributed by atoms with Crippen molar-refractivity contribution < 1.29 is 9.53 Å². The van der Waals surface area contributed by atoms with Gasteiger partial charge >= 0.3 is 6.03 Å². The van der Waals surface area contributed by atoms with Crippen molar-refractivity contribution in [1.29, 1.82) is 0 Å². The van der Waals surface area contributed by atoms with E-state index in [-0.39, 0.29) is 23.8 Å². The molecule has 6 heteroatoms. The number of amides is 2. The predicted molar refractivity (Wildman–Crippen MR) is 116 cm³/mol. The van der Waals surface area contributed by atoms with Gasteiger partial charge in [0.15, 0.2) is 0 Å². The number of hydrogen-bond acceptors (Lipinski definition) is 4. The average molecular weight is 397 g/mol. The Balaban J connectivity index is 1.58. The van der Waals surface area contributed by atoms with Crippen LogP contribution in [0.5, 0.6) is 0 Å². The number of unbranched alkanes of at least 4 members (excludes halogenated alkanes) is 1. The number of rotatable bonds is 8. The first-order valence-electron chi connectivity index (χ1n) is 11.3.